The highest BCUT2D eigenvalue weighted by molar-refractivity contribution is 9.11. The van der Waals surface area contributed by atoms with Crippen LogP contribution in [0.4, 0.5) is 0 Å². The molecule has 0 spiro atoms. The van der Waals surface area contributed by atoms with Crippen molar-refractivity contribution in [1.29, 1.82) is 0 Å². The molecule has 3 saturated carbocycles. The molecule has 3 aromatic heterocycles. The van der Waals surface area contributed by atoms with Gasteiger partial charge in [-0.25, -0.2) is 0 Å². The van der Waals surface area contributed by atoms with E-state index >= 15 is 0 Å². The first-order valence-corrected chi connectivity index (χ1v) is 36.2. The Bertz CT molecular complexity index is 3850. The number of halogens is 11. The number of rotatable bonds is 8. The molecule has 6 heterocycles. The average molecular weight is 1580 g/mol. The van der Waals surface area contributed by atoms with Gasteiger partial charge in [0.05, 0.1) is 24.4 Å². The summed E-state index contributed by atoms with van der Waals surface area (Å²) in [6.45, 7) is 6.29. The fourth-order valence-corrected chi connectivity index (χ4v) is 19.1. The summed E-state index contributed by atoms with van der Waals surface area (Å²) in [6.07, 6.45) is 10.4. The normalized spacial score (nSPS) is 31.5. The Labute approximate surface area is 597 Å². The van der Waals surface area contributed by atoms with Gasteiger partial charge in [-0.1, -0.05) is 135 Å². The third-order valence-electron chi connectivity index (χ3n) is 20.2. The first-order valence-electron chi connectivity index (χ1n) is 30.8. The number of aliphatic hydroxyl groups is 2. The molecule has 14 rings (SSSR count). The van der Waals surface area contributed by atoms with E-state index in [2.05, 4.69) is 97.2 Å². The molecule has 8 nitrogen and oxygen atoms in total. The molecule has 91 heavy (non-hydrogen) atoms. The topological polar surface area (TPSA) is 107 Å². The molecule has 6 aliphatic rings. The maximum absolute atomic E-state index is 11.8. The minimum Gasteiger partial charge on any atom is -0.370 e. The van der Waals surface area contributed by atoms with E-state index in [1.807, 2.05) is 105 Å². The summed E-state index contributed by atoms with van der Waals surface area (Å²) >= 11 is 61.2. The Kier molecular flexibility index (Phi) is 21.7. The minimum atomic E-state index is -1.38. The van der Waals surface area contributed by atoms with Gasteiger partial charge in [0, 0.05) is 136 Å². The van der Waals surface area contributed by atoms with Crippen molar-refractivity contribution in [3.63, 3.8) is 0 Å². The second-order valence-electron chi connectivity index (χ2n) is 25.1. The fraction of sp³-hybridized carbons (Fsp3) is 0.375. The molecular weight excluding hydrogens is 1510 g/mol. The summed E-state index contributed by atoms with van der Waals surface area (Å²) in [5.41, 5.74) is 8.30. The van der Waals surface area contributed by atoms with E-state index in [1.165, 1.54) is 5.56 Å². The Morgan fingerprint density at radius 3 is 1.24 bits per heavy atom. The van der Waals surface area contributed by atoms with Crippen LogP contribution in [0.15, 0.2) is 172 Å². The number of ether oxygens (including phenoxy) is 3. The average Bonchev–Trinajstić information content (AvgIpc) is 1.63. The largest absolute Gasteiger partial charge is 0.370 e. The molecule has 2 unspecified atom stereocenters. The van der Waals surface area contributed by atoms with Gasteiger partial charge < -0.3 is 24.4 Å². The van der Waals surface area contributed by atoms with Crippen molar-refractivity contribution in [3.8, 4) is 0 Å². The van der Waals surface area contributed by atoms with E-state index in [0.29, 0.717) is 42.0 Å². The van der Waals surface area contributed by atoms with E-state index in [-0.39, 0.29) is 83.6 Å². The van der Waals surface area contributed by atoms with Gasteiger partial charge in [0.1, 0.15) is 0 Å². The van der Waals surface area contributed by atoms with Gasteiger partial charge >= 0.3 is 0 Å². The molecule has 19 heteroatoms. The lowest BCUT2D eigenvalue weighted by Crippen LogP contribution is -2.40. The molecule has 0 amide bonds. The van der Waals surface area contributed by atoms with Gasteiger partial charge in [-0.3, -0.25) is 15.0 Å². The van der Waals surface area contributed by atoms with Crippen LogP contribution in [0.1, 0.15) is 146 Å². The van der Waals surface area contributed by atoms with Crippen LogP contribution in [-0.2, 0) is 20.0 Å². The van der Waals surface area contributed by atoms with Crippen molar-refractivity contribution < 1.29 is 24.4 Å². The van der Waals surface area contributed by atoms with Crippen molar-refractivity contribution in [2.75, 3.05) is 0 Å². The molecule has 8 aromatic rings. The van der Waals surface area contributed by atoms with Gasteiger partial charge in [-0.2, -0.15) is 0 Å². The predicted octanol–water partition coefficient (Wildman–Crippen LogP) is 22.6. The molecule has 0 bridgehead atoms. The van der Waals surface area contributed by atoms with Crippen LogP contribution in [0.2, 0.25) is 40.2 Å². The first-order chi connectivity index (χ1) is 43.6. The summed E-state index contributed by atoms with van der Waals surface area (Å²) in [4.78, 5) is 14.3. The van der Waals surface area contributed by atoms with E-state index in [1.54, 1.807) is 24.3 Å². The summed E-state index contributed by atoms with van der Waals surface area (Å²) in [6, 6.07) is 45.0. The number of pyridine rings is 3. The quantitative estimate of drug-likeness (QED) is 0.155. The number of nitrogens with zero attached hydrogens (tertiary/aromatic N) is 3. The molecule has 3 aliphatic carbocycles. The van der Waals surface area contributed by atoms with E-state index < -0.39 is 12.1 Å². The highest BCUT2D eigenvalue weighted by atomic mass is 79.9. The van der Waals surface area contributed by atoms with Crippen LogP contribution >= 0.6 is 141 Å². The van der Waals surface area contributed by atoms with Crippen LogP contribution in [0.5, 0.6) is 0 Å². The van der Waals surface area contributed by atoms with Crippen molar-refractivity contribution in [3.05, 3.63) is 257 Å². The lowest BCUT2D eigenvalue weighted by atomic mass is 9.60. The number of hydrogen-bond acceptors (Lipinski definition) is 8. The summed E-state index contributed by atoms with van der Waals surface area (Å²) in [5.74, 6) is 0.588. The number of hydrogen-bond donors (Lipinski definition) is 2. The third kappa shape index (κ3) is 14.3. The number of aromatic nitrogens is 3. The Morgan fingerprint density at radius 1 is 0.429 bits per heavy atom. The van der Waals surface area contributed by atoms with Gasteiger partial charge in [-0.05, 0) is 256 Å². The molecular formula is C72H66Br3Cl8N3O5. The summed E-state index contributed by atoms with van der Waals surface area (Å²) < 4.78 is 21.6. The lowest BCUT2D eigenvalue weighted by molar-refractivity contribution is -0.220. The van der Waals surface area contributed by atoms with E-state index in [4.69, 9.17) is 122 Å². The van der Waals surface area contributed by atoms with E-state index in [9.17, 15) is 10.2 Å². The Morgan fingerprint density at radius 2 is 0.813 bits per heavy atom. The van der Waals surface area contributed by atoms with Gasteiger partial charge in [0.25, 0.3) is 0 Å². The fourth-order valence-electron chi connectivity index (χ4n) is 16.5. The van der Waals surface area contributed by atoms with Crippen molar-refractivity contribution in [1.82, 2.24) is 15.0 Å². The minimum absolute atomic E-state index is 0.0202. The Hall–Kier alpha value is -2.89. The molecule has 18 atom stereocenters. The SMILES string of the molecule is C[C@H]1OC(O)(c2ccc(Cl)cc2)[C@@H]2CC[C@@H](c3ccc(Cl)cc3Cl)[C@H](c3ccc(Br)cn3)[C@@H]21.C[C@H]1OC(c2ccc(Cl)cc2)[C@@H]2CC[C@@H](c3ccc(Cl)cc3Cl)[C@H](c3ccc(Br)cn3)[C@H]12.C[C@H]1O[C@H](O)[C@@H]2CC[C@@H](c3ccc(Cl)cc3Cl)[C@H](c3ccc(Br)cn3)[C@@H]21. The van der Waals surface area contributed by atoms with Crippen LogP contribution in [-0.4, -0.2) is 49.8 Å². The van der Waals surface area contributed by atoms with Crippen molar-refractivity contribution in [2.24, 2.45) is 35.5 Å². The number of benzene rings is 5. The highest BCUT2D eigenvalue weighted by Crippen LogP contribution is 2.63. The van der Waals surface area contributed by atoms with Crippen LogP contribution in [0, 0.1) is 35.5 Å². The second-order valence-corrected chi connectivity index (χ2v) is 31.2. The van der Waals surface area contributed by atoms with Gasteiger partial charge in [-0.15, -0.1) is 0 Å². The van der Waals surface area contributed by atoms with E-state index in [0.717, 1.165) is 101 Å². The monoisotopic (exact) mass is 1570 g/mol. The maximum atomic E-state index is 11.8. The van der Waals surface area contributed by atoms with Crippen LogP contribution in [0.3, 0.4) is 0 Å². The lowest BCUT2D eigenvalue weighted by Gasteiger charge is -2.43. The van der Waals surface area contributed by atoms with Gasteiger partial charge in [0.15, 0.2) is 12.1 Å². The third-order valence-corrected chi connectivity index (χ3v) is 23.8. The summed E-state index contributed by atoms with van der Waals surface area (Å²) in [5, 5.41) is 27.6. The molecule has 0 radical (unpaired) electrons. The number of fused-ring (bicyclic) bond motifs is 3. The standard InChI is InChI=1S/C26H23BrCl3NO2.C26H23BrCl3NO.C20H20BrCl2NO2/c1-14-24-21(26(32,33-14)15-2-5-17(28)6-3-15)10-9-20(19-8-7-18(29)12-22(19)30)25(24)23-11-4-16(27)13-31-23;1-14-24-21(26(32-14)15-2-5-17(28)6-3-15)10-9-20(19-8-7-18(29)12-22(19)30)25(24)23-11-4-16(27)13-31-23;1-10-18-15(20(25)26-10)6-5-14(13-4-3-12(22)8-16(13)23)19(18)17-7-2-11(21)9-24-17/h2-8,11-14,20-21,24-25,32H,9-10H2,1H3;2-8,11-14,20-21,24-26H,9-10H2,1H3;2-4,7-10,14-15,18-20,25H,5-6H2,1H3/t2*14-,20+,21-,24-,25-,26?;10-,14+,15-,18-,19-,20+/m111/s1. The zero-order chi connectivity index (χ0) is 64.2. The van der Waals surface area contributed by atoms with Crippen LogP contribution < -0.4 is 0 Å². The summed E-state index contributed by atoms with van der Waals surface area (Å²) in [7, 11) is 0. The van der Waals surface area contributed by atoms with Crippen molar-refractivity contribution in [2.45, 2.75) is 131 Å². The van der Waals surface area contributed by atoms with Crippen LogP contribution in [0.25, 0.3) is 0 Å². The highest BCUT2D eigenvalue weighted by Gasteiger charge is 2.60. The molecule has 5 aromatic carbocycles. The number of aliphatic hydroxyl groups excluding tert-OH is 1. The maximum Gasteiger partial charge on any atom is 0.195 e. The molecule has 476 valence electrons. The molecule has 3 saturated heterocycles. The predicted molar refractivity (Wildman–Crippen MR) is 377 cm³/mol. The smallest absolute Gasteiger partial charge is 0.195 e. The van der Waals surface area contributed by atoms with Gasteiger partial charge in [0.2, 0.25) is 0 Å². The zero-order valence-corrected chi connectivity index (χ0v) is 60.5. The first kappa shape index (κ1) is 68.1. The zero-order valence-electron chi connectivity index (χ0n) is 49.7. The molecule has 6 fully saturated rings. The molecule has 3 aliphatic heterocycles. The molecule has 2 N–H and O–H groups in total. The van der Waals surface area contributed by atoms with Crippen molar-refractivity contribution >= 4 is 141 Å². The Balaban J connectivity index is 0.000000133. The second kappa shape index (κ2) is 29.1.